The molecule has 0 atom stereocenters. The SMILES string of the molecule is CC(C)(C)c1ncc(CNc2c(Br)cccc2Br)s1. The zero-order valence-corrected chi connectivity index (χ0v) is 15.1. The highest BCUT2D eigenvalue weighted by Gasteiger charge is 2.18. The van der Waals surface area contributed by atoms with Gasteiger partial charge in [-0.25, -0.2) is 4.98 Å². The zero-order chi connectivity index (χ0) is 14.0. The molecular weight excluding hydrogens is 388 g/mol. The lowest BCUT2D eigenvalue weighted by molar-refractivity contribution is 0.585. The Bertz CT molecular complexity index is 553. The van der Waals surface area contributed by atoms with Gasteiger partial charge in [0.15, 0.2) is 0 Å². The largest absolute Gasteiger partial charge is 0.378 e. The van der Waals surface area contributed by atoms with Gasteiger partial charge in [0, 0.05) is 25.4 Å². The third kappa shape index (κ3) is 3.80. The molecule has 2 aromatic rings. The fourth-order valence-corrected chi connectivity index (χ4v) is 3.77. The summed E-state index contributed by atoms with van der Waals surface area (Å²) in [7, 11) is 0. The molecule has 1 aromatic carbocycles. The summed E-state index contributed by atoms with van der Waals surface area (Å²) in [6, 6.07) is 6.06. The summed E-state index contributed by atoms with van der Waals surface area (Å²) >= 11 is 8.87. The van der Waals surface area contributed by atoms with Gasteiger partial charge in [-0.15, -0.1) is 11.3 Å². The molecule has 0 radical (unpaired) electrons. The van der Waals surface area contributed by atoms with Gasteiger partial charge in [-0.2, -0.15) is 0 Å². The van der Waals surface area contributed by atoms with Crippen LogP contribution >= 0.6 is 43.2 Å². The molecule has 0 saturated heterocycles. The fraction of sp³-hybridized carbons (Fsp3) is 0.357. The van der Waals surface area contributed by atoms with Crippen molar-refractivity contribution in [3.8, 4) is 0 Å². The van der Waals surface area contributed by atoms with E-state index in [4.69, 9.17) is 0 Å². The summed E-state index contributed by atoms with van der Waals surface area (Å²) in [5.74, 6) is 0. The summed E-state index contributed by atoms with van der Waals surface area (Å²) in [4.78, 5) is 5.74. The predicted octanol–water partition coefficient (Wildman–Crippen LogP) is 5.58. The second kappa shape index (κ2) is 5.94. The van der Waals surface area contributed by atoms with Crippen LogP contribution in [0.3, 0.4) is 0 Å². The molecule has 0 unspecified atom stereocenters. The van der Waals surface area contributed by atoms with Crippen molar-refractivity contribution in [3.63, 3.8) is 0 Å². The maximum Gasteiger partial charge on any atom is 0.0981 e. The maximum absolute atomic E-state index is 4.50. The van der Waals surface area contributed by atoms with Crippen LogP contribution in [0.25, 0.3) is 0 Å². The smallest absolute Gasteiger partial charge is 0.0981 e. The van der Waals surface area contributed by atoms with Gasteiger partial charge in [0.25, 0.3) is 0 Å². The number of para-hydroxylation sites is 1. The molecule has 102 valence electrons. The van der Waals surface area contributed by atoms with E-state index in [1.54, 1.807) is 11.3 Å². The molecule has 0 amide bonds. The fourth-order valence-electron chi connectivity index (χ4n) is 1.58. The maximum atomic E-state index is 4.50. The number of rotatable bonds is 3. The predicted molar refractivity (Wildman–Crippen MR) is 90.0 cm³/mol. The molecule has 0 saturated carbocycles. The minimum atomic E-state index is 0.122. The van der Waals surface area contributed by atoms with Crippen LogP contribution in [-0.2, 0) is 12.0 Å². The summed E-state index contributed by atoms with van der Waals surface area (Å²) in [5.41, 5.74) is 1.20. The van der Waals surface area contributed by atoms with E-state index in [1.807, 2.05) is 24.4 Å². The Hall–Kier alpha value is -0.390. The van der Waals surface area contributed by atoms with Crippen LogP contribution in [0.2, 0.25) is 0 Å². The van der Waals surface area contributed by atoms with E-state index in [-0.39, 0.29) is 5.41 Å². The quantitative estimate of drug-likeness (QED) is 0.723. The van der Waals surface area contributed by atoms with Gasteiger partial charge in [-0.3, -0.25) is 0 Å². The number of benzene rings is 1. The third-order valence-electron chi connectivity index (χ3n) is 2.60. The van der Waals surface area contributed by atoms with E-state index in [2.05, 4.69) is 62.9 Å². The molecule has 2 rings (SSSR count). The second-order valence-electron chi connectivity index (χ2n) is 5.33. The van der Waals surface area contributed by atoms with Gasteiger partial charge < -0.3 is 5.32 Å². The van der Waals surface area contributed by atoms with Gasteiger partial charge in [0.05, 0.1) is 17.2 Å². The Morgan fingerprint density at radius 1 is 1.21 bits per heavy atom. The summed E-state index contributed by atoms with van der Waals surface area (Å²) in [5, 5.41) is 4.62. The van der Waals surface area contributed by atoms with Gasteiger partial charge in [0.1, 0.15) is 0 Å². The standard InChI is InChI=1S/C14H16Br2N2S/c1-14(2,3)13-18-8-9(19-13)7-17-12-10(15)5-4-6-11(12)16/h4-6,8,17H,7H2,1-3H3. The lowest BCUT2D eigenvalue weighted by Crippen LogP contribution is -2.09. The number of anilines is 1. The molecule has 0 bridgehead atoms. The van der Waals surface area contributed by atoms with E-state index < -0.39 is 0 Å². The Morgan fingerprint density at radius 2 is 1.84 bits per heavy atom. The van der Waals surface area contributed by atoms with Crippen molar-refractivity contribution in [2.75, 3.05) is 5.32 Å². The number of hydrogen-bond donors (Lipinski definition) is 1. The van der Waals surface area contributed by atoms with Crippen molar-refractivity contribution in [1.29, 1.82) is 0 Å². The van der Waals surface area contributed by atoms with Crippen molar-refractivity contribution in [2.24, 2.45) is 0 Å². The minimum Gasteiger partial charge on any atom is -0.378 e. The first-order chi connectivity index (χ1) is 8.88. The van der Waals surface area contributed by atoms with Crippen molar-refractivity contribution < 1.29 is 0 Å². The van der Waals surface area contributed by atoms with Crippen LogP contribution in [0.15, 0.2) is 33.3 Å². The molecular formula is C14H16Br2N2S. The summed E-state index contributed by atoms with van der Waals surface area (Å²) < 4.78 is 2.12. The summed E-state index contributed by atoms with van der Waals surface area (Å²) in [6.45, 7) is 7.35. The number of thiazole rings is 1. The molecule has 5 heteroatoms. The Balaban J connectivity index is 2.09. The van der Waals surface area contributed by atoms with E-state index >= 15 is 0 Å². The van der Waals surface area contributed by atoms with Crippen molar-refractivity contribution in [3.05, 3.63) is 43.2 Å². The highest BCUT2D eigenvalue weighted by Crippen LogP contribution is 2.32. The normalized spacial score (nSPS) is 11.6. The highest BCUT2D eigenvalue weighted by atomic mass is 79.9. The topological polar surface area (TPSA) is 24.9 Å². The molecule has 0 aliphatic carbocycles. The number of aromatic nitrogens is 1. The lowest BCUT2D eigenvalue weighted by atomic mass is 9.98. The summed E-state index contributed by atoms with van der Waals surface area (Å²) in [6.07, 6.45) is 1.96. The number of nitrogens with one attached hydrogen (secondary N) is 1. The van der Waals surface area contributed by atoms with Gasteiger partial charge in [-0.05, 0) is 44.0 Å². The van der Waals surface area contributed by atoms with Crippen LogP contribution in [0.5, 0.6) is 0 Å². The molecule has 0 aliphatic heterocycles. The lowest BCUT2D eigenvalue weighted by Gasteiger charge is -2.13. The average molecular weight is 404 g/mol. The zero-order valence-electron chi connectivity index (χ0n) is 11.1. The van der Waals surface area contributed by atoms with Crippen molar-refractivity contribution in [1.82, 2.24) is 4.98 Å². The average Bonchev–Trinajstić information content (AvgIpc) is 2.77. The number of nitrogens with zero attached hydrogens (tertiary/aromatic N) is 1. The van der Waals surface area contributed by atoms with Crippen LogP contribution in [0, 0.1) is 0 Å². The molecule has 0 aliphatic rings. The van der Waals surface area contributed by atoms with Crippen molar-refractivity contribution in [2.45, 2.75) is 32.7 Å². The second-order valence-corrected chi connectivity index (χ2v) is 8.16. The van der Waals surface area contributed by atoms with E-state index in [1.165, 1.54) is 9.88 Å². The molecule has 0 spiro atoms. The molecule has 1 N–H and O–H groups in total. The number of hydrogen-bond acceptors (Lipinski definition) is 3. The van der Waals surface area contributed by atoms with E-state index in [9.17, 15) is 0 Å². The number of halogens is 2. The third-order valence-corrected chi connectivity index (χ3v) is 5.34. The Kier molecular flexibility index (Phi) is 4.69. The van der Waals surface area contributed by atoms with Crippen LogP contribution in [-0.4, -0.2) is 4.98 Å². The Labute approximate surface area is 134 Å². The molecule has 0 fully saturated rings. The van der Waals surface area contributed by atoms with Gasteiger partial charge >= 0.3 is 0 Å². The first-order valence-electron chi connectivity index (χ1n) is 6.01. The molecule has 1 aromatic heterocycles. The van der Waals surface area contributed by atoms with Gasteiger partial charge in [0.2, 0.25) is 0 Å². The molecule has 2 nitrogen and oxygen atoms in total. The molecule has 1 heterocycles. The molecule has 19 heavy (non-hydrogen) atoms. The minimum absolute atomic E-state index is 0.122. The first-order valence-corrected chi connectivity index (χ1v) is 8.41. The van der Waals surface area contributed by atoms with E-state index in [0.29, 0.717) is 0 Å². The van der Waals surface area contributed by atoms with Crippen LogP contribution < -0.4 is 5.32 Å². The van der Waals surface area contributed by atoms with Crippen molar-refractivity contribution >= 4 is 48.9 Å². The van der Waals surface area contributed by atoms with E-state index in [0.717, 1.165) is 21.2 Å². The monoisotopic (exact) mass is 402 g/mol. The van der Waals surface area contributed by atoms with Crippen LogP contribution in [0.1, 0.15) is 30.7 Å². The van der Waals surface area contributed by atoms with Gasteiger partial charge in [-0.1, -0.05) is 26.8 Å². The Morgan fingerprint density at radius 3 is 2.37 bits per heavy atom. The highest BCUT2D eigenvalue weighted by molar-refractivity contribution is 9.11. The van der Waals surface area contributed by atoms with Crippen LogP contribution in [0.4, 0.5) is 5.69 Å². The first kappa shape index (κ1) is 15.0.